The number of benzene rings is 2. The molecular formula is C22H25N3O4. The monoisotopic (exact) mass is 395 g/mol. The summed E-state index contributed by atoms with van der Waals surface area (Å²) in [4.78, 5) is 24.2. The van der Waals surface area contributed by atoms with Crippen molar-refractivity contribution in [2.24, 2.45) is 0 Å². The van der Waals surface area contributed by atoms with E-state index in [0.29, 0.717) is 11.3 Å². The van der Waals surface area contributed by atoms with Gasteiger partial charge in [-0.25, -0.2) is 5.48 Å². The molecule has 29 heavy (non-hydrogen) atoms. The number of carbonyl (C=O) groups is 2. The number of hydroxylamine groups is 1. The van der Waals surface area contributed by atoms with E-state index in [-0.39, 0.29) is 5.56 Å². The third-order valence-electron chi connectivity index (χ3n) is 4.19. The van der Waals surface area contributed by atoms with E-state index in [1.54, 1.807) is 36.4 Å². The Morgan fingerprint density at radius 1 is 1.03 bits per heavy atom. The second-order valence-corrected chi connectivity index (χ2v) is 6.22. The zero-order valence-corrected chi connectivity index (χ0v) is 16.4. The van der Waals surface area contributed by atoms with Gasteiger partial charge in [0.1, 0.15) is 5.54 Å². The highest BCUT2D eigenvalue weighted by molar-refractivity contribution is 5.99. The molecular weight excluding hydrogens is 370 g/mol. The van der Waals surface area contributed by atoms with Crippen LogP contribution in [-0.2, 0) is 4.79 Å². The lowest BCUT2D eigenvalue weighted by Crippen LogP contribution is -2.62. The number of nitrogens with two attached hydrogens (primary N) is 1. The molecule has 7 nitrogen and oxygen atoms in total. The van der Waals surface area contributed by atoms with Crippen LogP contribution in [0.3, 0.4) is 0 Å². The van der Waals surface area contributed by atoms with Gasteiger partial charge in [0.15, 0.2) is 0 Å². The molecule has 0 aliphatic carbocycles. The van der Waals surface area contributed by atoms with E-state index in [1.807, 2.05) is 12.1 Å². The van der Waals surface area contributed by atoms with Gasteiger partial charge in [0.05, 0.1) is 6.10 Å². The predicted octanol–water partition coefficient (Wildman–Crippen LogP) is 1.85. The third-order valence-corrected chi connectivity index (χ3v) is 4.19. The molecule has 7 heteroatoms. The quantitative estimate of drug-likeness (QED) is 0.178. The highest BCUT2D eigenvalue weighted by Crippen LogP contribution is 2.13. The van der Waals surface area contributed by atoms with Gasteiger partial charge >= 0.3 is 0 Å². The molecule has 2 rings (SSSR count). The lowest BCUT2D eigenvalue weighted by Gasteiger charge is -2.31. The van der Waals surface area contributed by atoms with Gasteiger partial charge in [-0.2, -0.15) is 0 Å². The Hall–Kier alpha value is -3.60. The second-order valence-electron chi connectivity index (χ2n) is 6.22. The number of nitrogen functional groups attached to an aromatic ring is 1. The van der Waals surface area contributed by atoms with Gasteiger partial charge < -0.3 is 16.2 Å². The fourth-order valence-electron chi connectivity index (χ4n) is 2.19. The van der Waals surface area contributed by atoms with Crippen LogP contribution in [-0.4, -0.2) is 33.8 Å². The Balaban J connectivity index is 0.00000204. The molecule has 2 aromatic rings. The Morgan fingerprint density at radius 2 is 1.48 bits per heavy atom. The van der Waals surface area contributed by atoms with Gasteiger partial charge in [-0.1, -0.05) is 11.8 Å². The zero-order chi connectivity index (χ0) is 22.0. The van der Waals surface area contributed by atoms with Crippen molar-refractivity contribution in [2.45, 2.75) is 25.5 Å². The molecule has 0 aromatic heterocycles. The summed E-state index contributed by atoms with van der Waals surface area (Å²) in [6.07, 6.45) is -1.22. The molecule has 6 N–H and O–H groups in total. The molecule has 2 amide bonds. The van der Waals surface area contributed by atoms with E-state index in [4.69, 9.17) is 10.9 Å². The molecule has 0 spiro atoms. The van der Waals surface area contributed by atoms with Gasteiger partial charge in [-0.15, -0.1) is 13.2 Å². The number of rotatable bonds is 4. The SMILES string of the molecule is C=C.CC(O)[C@](C)(NC(=O)c1ccc(C#Cc2ccc(N)cc2)cc1)C(=O)NO. The van der Waals surface area contributed by atoms with Gasteiger partial charge in [0.25, 0.3) is 11.8 Å². The minimum absolute atomic E-state index is 0.283. The van der Waals surface area contributed by atoms with E-state index in [0.717, 1.165) is 5.56 Å². The lowest BCUT2D eigenvalue weighted by molar-refractivity contribution is -0.139. The van der Waals surface area contributed by atoms with Crippen molar-refractivity contribution in [3.8, 4) is 11.8 Å². The third kappa shape index (κ3) is 6.21. The average Bonchev–Trinajstić information content (AvgIpc) is 2.74. The van der Waals surface area contributed by atoms with Crippen LogP contribution in [0.4, 0.5) is 5.69 Å². The molecule has 0 saturated carbocycles. The molecule has 1 unspecified atom stereocenters. The molecule has 0 radical (unpaired) electrons. The standard InChI is InChI=1S/C20H21N3O4.C2H4/c1-13(24)20(2,19(26)23-27)22-18(25)16-9-5-14(6-10-16)3-4-15-7-11-17(21)12-8-15;1-2/h5-13,24,27H,21H2,1-2H3,(H,22,25)(H,23,26);1-2H2/t13?,20-;/m0./s1. The second kappa shape index (κ2) is 10.7. The summed E-state index contributed by atoms with van der Waals surface area (Å²) in [7, 11) is 0. The van der Waals surface area contributed by atoms with Crippen LogP contribution in [0.1, 0.15) is 35.3 Å². The maximum absolute atomic E-state index is 12.4. The molecule has 152 valence electrons. The van der Waals surface area contributed by atoms with Crippen LogP contribution in [0.15, 0.2) is 61.7 Å². The fraction of sp³-hybridized carbons (Fsp3) is 0.182. The number of hydrogen-bond donors (Lipinski definition) is 5. The van der Waals surface area contributed by atoms with Crippen molar-refractivity contribution in [1.29, 1.82) is 0 Å². The summed E-state index contributed by atoms with van der Waals surface area (Å²) < 4.78 is 0. The molecule has 2 atom stereocenters. The van der Waals surface area contributed by atoms with Crippen LogP contribution < -0.4 is 16.5 Å². The average molecular weight is 395 g/mol. The van der Waals surface area contributed by atoms with E-state index in [1.165, 1.54) is 19.3 Å². The van der Waals surface area contributed by atoms with Crippen LogP contribution in [0.25, 0.3) is 0 Å². The molecule has 0 bridgehead atoms. The summed E-state index contributed by atoms with van der Waals surface area (Å²) in [5, 5.41) is 21.1. The first-order chi connectivity index (χ1) is 13.8. The van der Waals surface area contributed by atoms with E-state index in [9.17, 15) is 14.7 Å². The van der Waals surface area contributed by atoms with E-state index in [2.05, 4.69) is 30.3 Å². The minimum atomic E-state index is -1.68. The van der Waals surface area contributed by atoms with Crippen LogP contribution in [0, 0.1) is 11.8 Å². The summed E-state index contributed by atoms with van der Waals surface area (Å²) in [6.45, 7) is 8.65. The molecule has 0 aliphatic heterocycles. The Kier molecular flexibility index (Phi) is 8.62. The maximum atomic E-state index is 12.4. The van der Waals surface area contributed by atoms with E-state index >= 15 is 0 Å². The Bertz CT molecular complexity index is 896. The lowest BCUT2D eigenvalue weighted by atomic mass is 9.94. The fourth-order valence-corrected chi connectivity index (χ4v) is 2.19. The first-order valence-electron chi connectivity index (χ1n) is 8.69. The summed E-state index contributed by atoms with van der Waals surface area (Å²) >= 11 is 0. The highest BCUT2D eigenvalue weighted by Gasteiger charge is 2.39. The van der Waals surface area contributed by atoms with Crippen molar-refractivity contribution >= 4 is 17.5 Å². The van der Waals surface area contributed by atoms with Crippen LogP contribution in [0.2, 0.25) is 0 Å². The van der Waals surface area contributed by atoms with Crippen molar-refractivity contribution in [2.75, 3.05) is 5.73 Å². The number of carbonyl (C=O) groups excluding carboxylic acids is 2. The topological polar surface area (TPSA) is 125 Å². The number of nitrogens with one attached hydrogen (secondary N) is 2. The van der Waals surface area contributed by atoms with Gasteiger partial charge in [0.2, 0.25) is 0 Å². The van der Waals surface area contributed by atoms with Crippen LogP contribution in [0.5, 0.6) is 0 Å². The molecule has 2 aromatic carbocycles. The molecule has 0 heterocycles. The number of amides is 2. The minimum Gasteiger partial charge on any atom is -0.399 e. The van der Waals surface area contributed by atoms with Crippen molar-refractivity contribution in [3.63, 3.8) is 0 Å². The normalized spacial score (nSPS) is 12.7. The first kappa shape index (κ1) is 23.4. The molecule has 0 saturated heterocycles. The van der Waals surface area contributed by atoms with Crippen molar-refractivity contribution in [3.05, 3.63) is 78.4 Å². The van der Waals surface area contributed by atoms with Crippen molar-refractivity contribution in [1.82, 2.24) is 10.8 Å². The summed E-state index contributed by atoms with van der Waals surface area (Å²) in [5.74, 6) is 4.48. The Labute approximate surface area is 170 Å². The predicted molar refractivity (Wildman–Crippen MR) is 112 cm³/mol. The molecule has 0 fully saturated rings. The largest absolute Gasteiger partial charge is 0.399 e. The summed E-state index contributed by atoms with van der Waals surface area (Å²) in [5.41, 5.74) is 7.86. The van der Waals surface area contributed by atoms with Gasteiger partial charge in [-0.3, -0.25) is 14.8 Å². The van der Waals surface area contributed by atoms with E-state index < -0.39 is 23.5 Å². The zero-order valence-electron chi connectivity index (χ0n) is 16.4. The number of anilines is 1. The number of aliphatic hydroxyl groups excluding tert-OH is 1. The van der Waals surface area contributed by atoms with Crippen molar-refractivity contribution < 1.29 is 19.9 Å². The van der Waals surface area contributed by atoms with Crippen LogP contribution >= 0.6 is 0 Å². The number of hydrogen-bond acceptors (Lipinski definition) is 5. The smallest absolute Gasteiger partial charge is 0.271 e. The highest BCUT2D eigenvalue weighted by atomic mass is 16.5. The first-order valence-corrected chi connectivity index (χ1v) is 8.69. The van der Waals surface area contributed by atoms with Gasteiger partial charge in [0, 0.05) is 22.4 Å². The maximum Gasteiger partial charge on any atom is 0.271 e. The van der Waals surface area contributed by atoms with Gasteiger partial charge in [-0.05, 0) is 62.4 Å². The Morgan fingerprint density at radius 3 is 1.90 bits per heavy atom. The number of aliphatic hydroxyl groups is 1. The molecule has 0 aliphatic rings. The summed E-state index contributed by atoms with van der Waals surface area (Å²) in [6, 6.07) is 13.6.